The van der Waals surface area contributed by atoms with Crippen molar-refractivity contribution in [1.82, 2.24) is 0 Å². The summed E-state index contributed by atoms with van der Waals surface area (Å²) >= 11 is 0. The summed E-state index contributed by atoms with van der Waals surface area (Å²) < 4.78 is 0. The Labute approximate surface area is 123 Å². The van der Waals surface area contributed by atoms with E-state index in [0.29, 0.717) is 0 Å². The normalized spacial score (nSPS) is 15.7. The molecule has 2 heteroatoms. The average molecular weight is 276 g/mol. The van der Waals surface area contributed by atoms with Crippen LogP contribution in [0, 0.1) is 11.8 Å². The van der Waals surface area contributed by atoms with Crippen molar-refractivity contribution >= 4 is 12.6 Å². The van der Waals surface area contributed by atoms with Gasteiger partial charge in [-0.15, -0.1) is 0 Å². The molecule has 2 unspecified atom stereocenters. The van der Waals surface area contributed by atoms with Crippen LogP contribution in [0.25, 0.3) is 0 Å². The van der Waals surface area contributed by atoms with Gasteiger partial charge in [-0.05, 0) is 31.3 Å². The lowest BCUT2D eigenvalue weighted by Gasteiger charge is -2.19. The lowest BCUT2D eigenvalue weighted by molar-refractivity contribution is -0.111. The van der Waals surface area contributed by atoms with Gasteiger partial charge in [0.05, 0.1) is 0 Å². The zero-order chi connectivity index (χ0) is 15.2. The molecule has 0 aromatic rings. The molecule has 0 aliphatic carbocycles. The smallest absolute Gasteiger partial charge is 0.146 e. The summed E-state index contributed by atoms with van der Waals surface area (Å²) in [5.41, 5.74) is 0.755. The maximum Gasteiger partial charge on any atom is 0.146 e. The molecule has 20 heavy (non-hydrogen) atoms. The maximum absolute atomic E-state index is 11.4. The van der Waals surface area contributed by atoms with Gasteiger partial charge in [0.25, 0.3) is 0 Å². The summed E-state index contributed by atoms with van der Waals surface area (Å²) in [6.45, 7) is 6.20. The third kappa shape index (κ3) is 7.22. The number of allylic oxidation sites excluding steroid dienone is 6. The van der Waals surface area contributed by atoms with E-state index in [1.807, 2.05) is 25.2 Å². The van der Waals surface area contributed by atoms with Gasteiger partial charge in [-0.25, -0.2) is 0 Å². The molecule has 0 aliphatic rings. The van der Waals surface area contributed by atoms with E-state index in [-0.39, 0.29) is 11.8 Å². The van der Waals surface area contributed by atoms with E-state index in [1.54, 1.807) is 0 Å². The fraction of sp³-hybridized carbons (Fsp3) is 0.556. The van der Waals surface area contributed by atoms with Crippen LogP contribution in [-0.2, 0) is 9.59 Å². The van der Waals surface area contributed by atoms with Gasteiger partial charge in [0.15, 0.2) is 0 Å². The number of aldehydes is 2. The Morgan fingerprint density at radius 1 is 1.00 bits per heavy atom. The Morgan fingerprint density at radius 2 is 1.70 bits per heavy atom. The molecule has 0 spiro atoms. The van der Waals surface area contributed by atoms with Gasteiger partial charge in [-0.2, -0.15) is 0 Å². The number of unbranched alkanes of at least 4 members (excludes halogenated alkanes) is 1. The van der Waals surface area contributed by atoms with Crippen molar-refractivity contribution in [3.05, 3.63) is 36.0 Å². The molecule has 0 heterocycles. The second-order valence-corrected chi connectivity index (χ2v) is 4.88. The molecule has 0 fully saturated rings. The molecule has 112 valence electrons. The fourth-order valence-corrected chi connectivity index (χ4v) is 2.09. The predicted molar refractivity (Wildman–Crippen MR) is 85.6 cm³/mol. The minimum atomic E-state index is -0.218. The lowest BCUT2D eigenvalue weighted by atomic mass is 9.83. The summed E-state index contributed by atoms with van der Waals surface area (Å²) in [5.74, 6) is -0.257. The molecule has 0 N–H and O–H groups in total. The molecule has 0 radical (unpaired) electrons. The number of carbonyl (C=O) groups is 2. The summed E-state index contributed by atoms with van der Waals surface area (Å²) in [5, 5.41) is 0. The summed E-state index contributed by atoms with van der Waals surface area (Å²) in [6, 6.07) is 0. The van der Waals surface area contributed by atoms with E-state index in [2.05, 4.69) is 26.0 Å². The molecule has 0 amide bonds. The van der Waals surface area contributed by atoms with Gasteiger partial charge in [-0.3, -0.25) is 4.79 Å². The van der Waals surface area contributed by atoms with Gasteiger partial charge in [0.1, 0.15) is 12.6 Å². The Morgan fingerprint density at radius 3 is 2.20 bits per heavy atom. The SMILES string of the molecule is CCC=CCC(C(C=O)=CCCC)C(C=O)C=CCC. The largest absolute Gasteiger partial charge is 0.303 e. The first-order valence-electron chi connectivity index (χ1n) is 7.67. The topological polar surface area (TPSA) is 34.1 Å². The third-order valence-corrected chi connectivity index (χ3v) is 3.24. The molecule has 0 bridgehead atoms. The number of carbonyl (C=O) groups excluding carboxylic acids is 2. The van der Waals surface area contributed by atoms with Crippen LogP contribution in [0.5, 0.6) is 0 Å². The molecule has 2 nitrogen and oxygen atoms in total. The second kappa shape index (κ2) is 12.6. The van der Waals surface area contributed by atoms with E-state index in [4.69, 9.17) is 0 Å². The fourth-order valence-electron chi connectivity index (χ4n) is 2.09. The van der Waals surface area contributed by atoms with Gasteiger partial charge >= 0.3 is 0 Å². The molecule has 0 aromatic carbocycles. The highest BCUT2D eigenvalue weighted by molar-refractivity contribution is 5.76. The summed E-state index contributed by atoms with van der Waals surface area (Å²) in [4.78, 5) is 22.7. The predicted octanol–water partition coefficient (Wildman–Crippen LogP) is 4.67. The van der Waals surface area contributed by atoms with E-state index in [9.17, 15) is 9.59 Å². The van der Waals surface area contributed by atoms with Crippen LogP contribution in [0.3, 0.4) is 0 Å². The van der Waals surface area contributed by atoms with E-state index >= 15 is 0 Å². The van der Waals surface area contributed by atoms with Crippen LogP contribution in [0.2, 0.25) is 0 Å². The van der Waals surface area contributed by atoms with Crippen LogP contribution < -0.4 is 0 Å². The minimum Gasteiger partial charge on any atom is -0.303 e. The molecule has 0 aliphatic heterocycles. The van der Waals surface area contributed by atoms with Crippen molar-refractivity contribution in [2.45, 2.75) is 52.9 Å². The van der Waals surface area contributed by atoms with Crippen LogP contribution in [0.4, 0.5) is 0 Å². The van der Waals surface area contributed by atoms with E-state index in [1.165, 1.54) is 0 Å². The van der Waals surface area contributed by atoms with Crippen molar-refractivity contribution in [1.29, 1.82) is 0 Å². The number of hydrogen-bond acceptors (Lipinski definition) is 2. The molecule has 0 rings (SSSR count). The average Bonchev–Trinajstić information content (AvgIpc) is 2.48. The molecular formula is C18H28O2. The molecule has 2 atom stereocenters. The van der Waals surface area contributed by atoms with Gasteiger partial charge in [0, 0.05) is 11.8 Å². The quantitative estimate of drug-likeness (QED) is 0.312. The van der Waals surface area contributed by atoms with Gasteiger partial charge in [0.2, 0.25) is 0 Å². The van der Waals surface area contributed by atoms with Crippen LogP contribution in [0.1, 0.15) is 52.9 Å². The highest BCUT2D eigenvalue weighted by Crippen LogP contribution is 2.25. The summed E-state index contributed by atoms with van der Waals surface area (Å²) in [6.07, 6.45) is 16.4. The highest BCUT2D eigenvalue weighted by atomic mass is 16.1. The monoisotopic (exact) mass is 276 g/mol. The van der Waals surface area contributed by atoms with Crippen molar-refractivity contribution in [3.8, 4) is 0 Å². The Kier molecular flexibility index (Phi) is 11.7. The molecule has 0 saturated carbocycles. The van der Waals surface area contributed by atoms with E-state index < -0.39 is 0 Å². The van der Waals surface area contributed by atoms with Gasteiger partial charge < -0.3 is 4.79 Å². The molecule has 0 saturated heterocycles. The van der Waals surface area contributed by atoms with Crippen molar-refractivity contribution in [2.24, 2.45) is 11.8 Å². The first-order valence-corrected chi connectivity index (χ1v) is 7.67. The standard InChI is InChI=1S/C18H28O2/c1-4-7-10-13-18(16(14-19)11-8-5-2)17(15-20)12-9-6-3/h7-8,10-12,14-16,18H,4-6,9,13H2,1-3H3. The van der Waals surface area contributed by atoms with Crippen molar-refractivity contribution in [3.63, 3.8) is 0 Å². The Bertz CT molecular complexity index is 350. The number of hydrogen-bond donors (Lipinski definition) is 0. The number of rotatable bonds is 11. The Balaban J connectivity index is 5.19. The molecular weight excluding hydrogens is 248 g/mol. The van der Waals surface area contributed by atoms with Gasteiger partial charge in [-0.1, -0.05) is 57.6 Å². The minimum absolute atomic E-state index is 0.0397. The lowest BCUT2D eigenvalue weighted by Crippen LogP contribution is -2.17. The van der Waals surface area contributed by atoms with Crippen molar-refractivity contribution in [2.75, 3.05) is 0 Å². The zero-order valence-corrected chi connectivity index (χ0v) is 13.0. The zero-order valence-electron chi connectivity index (χ0n) is 13.0. The second-order valence-electron chi connectivity index (χ2n) is 4.88. The van der Waals surface area contributed by atoms with Crippen LogP contribution in [0.15, 0.2) is 36.0 Å². The summed E-state index contributed by atoms with van der Waals surface area (Å²) in [7, 11) is 0. The third-order valence-electron chi connectivity index (χ3n) is 3.24. The van der Waals surface area contributed by atoms with Crippen LogP contribution in [-0.4, -0.2) is 12.6 Å². The van der Waals surface area contributed by atoms with E-state index in [0.717, 1.165) is 50.2 Å². The highest BCUT2D eigenvalue weighted by Gasteiger charge is 2.21. The first kappa shape index (κ1) is 18.6. The molecule has 0 aromatic heterocycles. The van der Waals surface area contributed by atoms with Crippen molar-refractivity contribution < 1.29 is 9.59 Å². The Hall–Kier alpha value is -1.44. The van der Waals surface area contributed by atoms with Crippen LogP contribution >= 0.6 is 0 Å². The first-order chi connectivity index (χ1) is 9.74. The maximum atomic E-state index is 11.4.